The molecule has 2 N–H and O–H groups in total. The second kappa shape index (κ2) is 13.2. The third-order valence-electron chi connectivity index (χ3n) is 6.05. The van der Waals surface area contributed by atoms with E-state index in [2.05, 4.69) is 48.0 Å². The van der Waals surface area contributed by atoms with Crippen LogP contribution in [0.15, 0.2) is 29.3 Å². The molecule has 29 heavy (non-hydrogen) atoms. The van der Waals surface area contributed by atoms with Gasteiger partial charge in [0.15, 0.2) is 5.96 Å². The normalized spacial score (nSPS) is 15.1. The summed E-state index contributed by atoms with van der Waals surface area (Å²) in [5, 5.41) is 12.9. The number of aliphatic hydroxyl groups excluding tert-OH is 1. The van der Waals surface area contributed by atoms with Crippen LogP contribution in [0.5, 0.6) is 5.75 Å². The molecule has 2 rings (SSSR count). The number of piperazine rings is 1. The summed E-state index contributed by atoms with van der Waals surface area (Å²) in [5.41, 5.74) is 1.25. The number of guanidine groups is 1. The molecule has 0 saturated carbocycles. The summed E-state index contributed by atoms with van der Waals surface area (Å²) in [6, 6.07) is 8.21. The molecule has 0 spiro atoms. The number of hydrogen-bond donors (Lipinski definition) is 2. The number of benzene rings is 1. The Morgan fingerprint density at radius 2 is 1.79 bits per heavy atom. The van der Waals surface area contributed by atoms with Crippen molar-refractivity contribution in [2.24, 2.45) is 10.4 Å². The van der Waals surface area contributed by atoms with Gasteiger partial charge in [0.2, 0.25) is 0 Å². The molecule has 1 aromatic carbocycles. The van der Waals surface area contributed by atoms with Gasteiger partial charge in [-0.25, -0.2) is 0 Å². The number of nitrogens with one attached hydrogen (secondary N) is 1. The quantitative estimate of drug-likeness (QED) is 0.297. The average Bonchev–Trinajstić information content (AvgIpc) is 2.76. The molecule has 7 heteroatoms. The van der Waals surface area contributed by atoms with Crippen LogP contribution in [0, 0.1) is 5.41 Å². The van der Waals surface area contributed by atoms with Crippen LogP contribution in [0.1, 0.15) is 40.0 Å². The summed E-state index contributed by atoms with van der Waals surface area (Å²) in [6.45, 7) is 12.1. The molecule has 0 radical (unpaired) electrons. The lowest BCUT2D eigenvalue weighted by atomic mass is 9.79. The fourth-order valence-corrected chi connectivity index (χ4v) is 3.86. The summed E-state index contributed by atoms with van der Waals surface area (Å²) >= 11 is 0. The Hall–Kier alpha value is -1.22. The first-order valence-corrected chi connectivity index (χ1v) is 10.6. The average molecular weight is 518 g/mol. The van der Waals surface area contributed by atoms with Crippen molar-refractivity contribution in [2.45, 2.75) is 40.0 Å². The first-order chi connectivity index (χ1) is 13.6. The molecule has 0 bridgehead atoms. The van der Waals surface area contributed by atoms with Crippen molar-refractivity contribution in [1.82, 2.24) is 10.2 Å². The van der Waals surface area contributed by atoms with E-state index < -0.39 is 0 Å². The molecule has 1 saturated heterocycles. The molecule has 166 valence electrons. The Labute approximate surface area is 193 Å². The van der Waals surface area contributed by atoms with Gasteiger partial charge in [0.05, 0.1) is 12.8 Å². The molecule has 1 heterocycles. The van der Waals surface area contributed by atoms with Gasteiger partial charge in [-0.1, -0.05) is 26.0 Å². The van der Waals surface area contributed by atoms with Crippen LogP contribution in [0.2, 0.25) is 0 Å². The lowest BCUT2D eigenvalue weighted by molar-refractivity contribution is 0.175. The lowest BCUT2D eigenvalue weighted by Crippen LogP contribution is -2.53. The minimum absolute atomic E-state index is 0. The number of anilines is 1. The number of hydrogen-bond acceptors (Lipinski definition) is 4. The smallest absolute Gasteiger partial charge is 0.194 e. The van der Waals surface area contributed by atoms with Crippen LogP contribution in [0.3, 0.4) is 0 Å². The number of aliphatic hydroxyl groups is 1. The Kier molecular flexibility index (Phi) is 11.7. The highest BCUT2D eigenvalue weighted by Gasteiger charge is 2.27. The van der Waals surface area contributed by atoms with Gasteiger partial charge in [0.25, 0.3) is 0 Å². The molecule has 0 aliphatic carbocycles. The van der Waals surface area contributed by atoms with Crippen molar-refractivity contribution in [1.29, 1.82) is 0 Å². The molecule has 6 nitrogen and oxygen atoms in total. The van der Waals surface area contributed by atoms with Gasteiger partial charge in [0, 0.05) is 45.9 Å². The summed E-state index contributed by atoms with van der Waals surface area (Å²) in [5.74, 6) is 1.92. The topological polar surface area (TPSA) is 60.3 Å². The molecule has 0 atom stereocenters. The second-order valence-electron chi connectivity index (χ2n) is 7.50. The maximum atomic E-state index is 9.47. The highest BCUT2D eigenvalue weighted by atomic mass is 127. The van der Waals surface area contributed by atoms with E-state index >= 15 is 0 Å². The van der Waals surface area contributed by atoms with E-state index in [1.807, 2.05) is 12.1 Å². The highest BCUT2D eigenvalue weighted by molar-refractivity contribution is 14.0. The van der Waals surface area contributed by atoms with Crippen molar-refractivity contribution in [2.75, 3.05) is 57.9 Å². The molecular formula is C22H39IN4O2. The van der Waals surface area contributed by atoms with Crippen LogP contribution in [-0.2, 0) is 0 Å². The number of halogens is 1. The van der Waals surface area contributed by atoms with Gasteiger partial charge >= 0.3 is 0 Å². The van der Waals surface area contributed by atoms with Crippen LogP contribution in [-0.4, -0.2) is 69.0 Å². The Morgan fingerprint density at radius 3 is 2.34 bits per heavy atom. The number of para-hydroxylation sites is 2. The van der Waals surface area contributed by atoms with E-state index in [1.54, 1.807) is 7.11 Å². The van der Waals surface area contributed by atoms with Crippen LogP contribution in [0.4, 0.5) is 5.69 Å². The Balaban J connectivity index is 0.00000420. The van der Waals surface area contributed by atoms with Crippen molar-refractivity contribution in [3.8, 4) is 5.75 Å². The van der Waals surface area contributed by atoms with E-state index in [1.165, 1.54) is 0 Å². The van der Waals surface area contributed by atoms with Gasteiger partial charge in [-0.3, -0.25) is 4.99 Å². The zero-order chi connectivity index (χ0) is 20.4. The standard InChI is InChI=1S/C22H38N4O2.HI/c1-5-22(6-2,12-17-27)18-24-21(23-7-3)26-15-13-25(14-16-26)19-10-8-9-11-20(19)28-4;/h8-11,27H,5-7,12-18H2,1-4H3,(H,23,24);1H. The van der Waals surface area contributed by atoms with Crippen LogP contribution >= 0.6 is 24.0 Å². The van der Waals surface area contributed by atoms with Crippen LogP contribution in [0.25, 0.3) is 0 Å². The lowest BCUT2D eigenvalue weighted by Gasteiger charge is -2.38. The van der Waals surface area contributed by atoms with Gasteiger partial charge in [-0.05, 0) is 43.7 Å². The molecule has 0 amide bonds. The minimum Gasteiger partial charge on any atom is -0.495 e. The number of nitrogens with zero attached hydrogens (tertiary/aromatic N) is 3. The molecular weight excluding hydrogens is 479 g/mol. The minimum atomic E-state index is 0. The fraction of sp³-hybridized carbons (Fsp3) is 0.682. The summed E-state index contributed by atoms with van der Waals surface area (Å²) in [7, 11) is 1.73. The van der Waals surface area contributed by atoms with Crippen molar-refractivity contribution in [3.63, 3.8) is 0 Å². The van der Waals surface area contributed by atoms with Crippen molar-refractivity contribution < 1.29 is 9.84 Å². The van der Waals surface area contributed by atoms with E-state index in [0.717, 1.165) is 75.9 Å². The summed E-state index contributed by atoms with van der Waals surface area (Å²) in [6.07, 6.45) is 2.88. The zero-order valence-corrected chi connectivity index (χ0v) is 20.8. The van der Waals surface area contributed by atoms with Gasteiger partial charge in [0.1, 0.15) is 5.75 Å². The Morgan fingerprint density at radius 1 is 1.14 bits per heavy atom. The molecule has 0 unspecified atom stereocenters. The SMILES string of the molecule is CCNC(=NCC(CC)(CC)CCO)N1CCN(c2ccccc2OC)CC1.I. The molecule has 1 fully saturated rings. The molecule has 1 aliphatic heterocycles. The zero-order valence-electron chi connectivity index (χ0n) is 18.5. The summed E-state index contributed by atoms with van der Waals surface area (Å²) in [4.78, 5) is 9.71. The predicted octanol–water partition coefficient (Wildman–Crippen LogP) is 3.59. The largest absolute Gasteiger partial charge is 0.495 e. The van der Waals surface area contributed by atoms with E-state index in [9.17, 15) is 5.11 Å². The van der Waals surface area contributed by atoms with E-state index in [0.29, 0.717) is 0 Å². The highest BCUT2D eigenvalue weighted by Crippen LogP contribution is 2.31. The first kappa shape index (κ1) is 25.8. The number of methoxy groups -OCH3 is 1. The third kappa shape index (κ3) is 6.91. The first-order valence-electron chi connectivity index (χ1n) is 10.6. The van der Waals surface area contributed by atoms with Crippen molar-refractivity contribution in [3.05, 3.63) is 24.3 Å². The number of ether oxygens (including phenoxy) is 1. The Bertz CT molecular complexity index is 615. The maximum absolute atomic E-state index is 9.47. The van der Waals surface area contributed by atoms with Gasteiger partial charge < -0.3 is 25.0 Å². The fourth-order valence-electron chi connectivity index (χ4n) is 3.86. The number of aliphatic imine (C=N–C) groups is 1. The second-order valence-corrected chi connectivity index (χ2v) is 7.50. The van der Waals surface area contributed by atoms with E-state index in [-0.39, 0.29) is 36.0 Å². The summed E-state index contributed by atoms with van der Waals surface area (Å²) < 4.78 is 5.52. The molecule has 1 aromatic rings. The van der Waals surface area contributed by atoms with Gasteiger partial charge in [-0.15, -0.1) is 24.0 Å². The van der Waals surface area contributed by atoms with E-state index in [4.69, 9.17) is 9.73 Å². The third-order valence-corrected chi connectivity index (χ3v) is 6.05. The van der Waals surface area contributed by atoms with Crippen LogP contribution < -0.4 is 15.0 Å². The number of rotatable bonds is 9. The predicted molar refractivity (Wildman–Crippen MR) is 133 cm³/mol. The monoisotopic (exact) mass is 518 g/mol. The molecule has 1 aliphatic rings. The maximum Gasteiger partial charge on any atom is 0.194 e. The van der Waals surface area contributed by atoms with Gasteiger partial charge in [-0.2, -0.15) is 0 Å². The molecule has 0 aromatic heterocycles. The van der Waals surface area contributed by atoms with Crippen molar-refractivity contribution >= 4 is 35.6 Å².